The molecule has 2 aromatic carbocycles. The van der Waals surface area contributed by atoms with Crippen molar-refractivity contribution in [2.75, 3.05) is 37.8 Å². The molecule has 0 aliphatic carbocycles. The van der Waals surface area contributed by atoms with Crippen LogP contribution in [0.25, 0.3) is 10.2 Å². The van der Waals surface area contributed by atoms with Gasteiger partial charge in [0.2, 0.25) is 5.91 Å². The fourth-order valence-corrected chi connectivity index (χ4v) is 5.36. The smallest absolute Gasteiger partial charge is 0.244 e. The molecule has 0 saturated heterocycles. The summed E-state index contributed by atoms with van der Waals surface area (Å²) in [6, 6.07) is 13.7. The van der Waals surface area contributed by atoms with Crippen molar-refractivity contribution in [2.45, 2.75) is 4.90 Å². The first-order chi connectivity index (χ1) is 13.3. The van der Waals surface area contributed by atoms with Gasteiger partial charge in [-0.15, -0.1) is 12.4 Å². The van der Waals surface area contributed by atoms with Gasteiger partial charge in [0.15, 0.2) is 15.0 Å². The highest BCUT2D eigenvalue weighted by Crippen LogP contribution is 2.31. The molecule has 0 bridgehead atoms. The molecule has 0 N–H and O–H groups in total. The van der Waals surface area contributed by atoms with Gasteiger partial charge in [0.1, 0.15) is 5.75 Å². The Kier molecular flexibility index (Phi) is 8.18. The number of rotatable bonds is 7. The average Bonchev–Trinajstić information content (AvgIpc) is 3.04. The summed E-state index contributed by atoms with van der Waals surface area (Å²) in [5.74, 6) is -1.08. The lowest BCUT2D eigenvalue weighted by Gasteiger charge is -2.22. The molecule has 29 heavy (non-hydrogen) atoms. The summed E-state index contributed by atoms with van der Waals surface area (Å²) in [6.45, 7) is 0.952. The van der Waals surface area contributed by atoms with Crippen LogP contribution in [0.3, 0.4) is 0 Å². The largest absolute Gasteiger partial charge is 0.308 e. The summed E-state index contributed by atoms with van der Waals surface area (Å²) < 4.78 is 27.2. The van der Waals surface area contributed by atoms with E-state index >= 15 is 0 Å². The van der Waals surface area contributed by atoms with E-state index in [0.717, 1.165) is 14.7 Å². The maximum absolute atomic E-state index is 13.0. The van der Waals surface area contributed by atoms with Crippen molar-refractivity contribution in [3.63, 3.8) is 0 Å². The van der Waals surface area contributed by atoms with E-state index in [1.807, 2.05) is 37.2 Å². The lowest BCUT2D eigenvalue weighted by molar-refractivity contribution is -0.116. The molecular weight excluding hydrogens is 498 g/mol. The third-order valence-electron chi connectivity index (χ3n) is 4.06. The van der Waals surface area contributed by atoms with Gasteiger partial charge in [-0.3, -0.25) is 9.69 Å². The maximum atomic E-state index is 13.0. The maximum Gasteiger partial charge on any atom is 0.244 e. The van der Waals surface area contributed by atoms with Gasteiger partial charge in [0, 0.05) is 17.6 Å². The second-order valence-corrected chi connectivity index (χ2v) is 10.4. The zero-order chi connectivity index (χ0) is 20.3. The second kappa shape index (κ2) is 9.99. The molecule has 6 nitrogen and oxygen atoms in total. The number of aromatic nitrogens is 1. The molecule has 0 radical (unpaired) electrons. The molecule has 10 heteroatoms. The molecule has 1 heterocycles. The average molecular weight is 519 g/mol. The Bertz CT molecular complexity index is 1090. The number of likely N-dealkylation sites (N-methyl/N-ethyl adjacent to an activating group) is 1. The zero-order valence-corrected chi connectivity index (χ0v) is 19.9. The second-order valence-electron chi connectivity index (χ2n) is 6.53. The van der Waals surface area contributed by atoms with Crippen LogP contribution in [0.5, 0.6) is 0 Å². The Morgan fingerprint density at radius 1 is 1.10 bits per heavy atom. The topological polar surface area (TPSA) is 70.6 Å². The lowest BCUT2D eigenvalue weighted by Crippen LogP contribution is -2.40. The van der Waals surface area contributed by atoms with E-state index in [4.69, 9.17) is 0 Å². The molecule has 0 spiro atoms. The van der Waals surface area contributed by atoms with Crippen LogP contribution in [-0.4, -0.2) is 57.1 Å². The van der Waals surface area contributed by atoms with Gasteiger partial charge in [-0.1, -0.05) is 45.5 Å². The first kappa shape index (κ1) is 23.8. The normalized spacial score (nSPS) is 11.4. The van der Waals surface area contributed by atoms with Crippen molar-refractivity contribution in [2.24, 2.45) is 0 Å². The molecule has 3 aromatic rings. The van der Waals surface area contributed by atoms with E-state index in [0.29, 0.717) is 18.2 Å². The van der Waals surface area contributed by atoms with Gasteiger partial charge < -0.3 is 4.90 Å². The standard InChI is InChI=1S/C19H20BrN3O3S2.ClH/c1-22(2)10-11-23(19-21-16-9-8-14(20)12-17(16)27-19)18(24)13-28(25,26)15-6-4-3-5-7-15;/h3-9,12H,10-11,13H2,1-2H3;1H. The molecule has 0 atom stereocenters. The monoisotopic (exact) mass is 517 g/mol. The molecular formula is C19H21BrClN3O3S2. The fraction of sp³-hybridized carbons (Fsp3) is 0.263. The van der Waals surface area contributed by atoms with Gasteiger partial charge >= 0.3 is 0 Å². The lowest BCUT2D eigenvalue weighted by atomic mass is 10.3. The number of benzene rings is 2. The van der Waals surface area contributed by atoms with Crippen LogP contribution in [0, 0.1) is 0 Å². The van der Waals surface area contributed by atoms with Crippen molar-refractivity contribution < 1.29 is 13.2 Å². The Morgan fingerprint density at radius 2 is 1.79 bits per heavy atom. The van der Waals surface area contributed by atoms with E-state index < -0.39 is 21.5 Å². The summed E-state index contributed by atoms with van der Waals surface area (Å²) in [6.07, 6.45) is 0. The molecule has 156 valence electrons. The molecule has 0 saturated carbocycles. The predicted molar refractivity (Wildman–Crippen MR) is 124 cm³/mol. The highest BCUT2D eigenvalue weighted by Gasteiger charge is 2.26. The quantitative estimate of drug-likeness (QED) is 0.475. The van der Waals surface area contributed by atoms with Gasteiger partial charge in [-0.2, -0.15) is 0 Å². The summed E-state index contributed by atoms with van der Waals surface area (Å²) in [5.41, 5.74) is 0.775. The number of hydrogen-bond donors (Lipinski definition) is 0. The number of halogens is 2. The number of thiazole rings is 1. The number of amides is 1. The molecule has 0 aliphatic heterocycles. The van der Waals surface area contributed by atoms with E-state index in [1.165, 1.54) is 28.4 Å². The Hall–Kier alpha value is -1.52. The first-order valence-electron chi connectivity index (χ1n) is 8.55. The van der Waals surface area contributed by atoms with Crippen molar-refractivity contribution >= 4 is 70.8 Å². The minimum absolute atomic E-state index is 0. The Labute approximate surface area is 189 Å². The summed E-state index contributed by atoms with van der Waals surface area (Å²) >= 11 is 4.81. The van der Waals surface area contributed by atoms with Crippen molar-refractivity contribution in [3.8, 4) is 0 Å². The van der Waals surface area contributed by atoms with Crippen LogP contribution in [-0.2, 0) is 14.6 Å². The van der Waals surface area contributed by atoms with Crippen LogP contribution in [0.2, 0.25) is 0 Å². The molecule has 1 aromatic heterocycles. The number of fused-ring (bicyclic) bond motifs is 1. The van der Waals surface area contributed by atoms with Crippen molar-refractivity contribution in [3.05, 3.63) is 53.0 Å². The zero-order valence-electron chi connectivity index (χ0n) is 15.9. The van der Waals surface area contributed by atoms with E-state index in [2.05, 4.69) is 20.9 Å². The van der Waals surface area contributed by atoms with Crippen LogP contribution < -0.4 is 4.90 Å². The summed E-state index contributed by atoms with van der Waals surface area (Å²) in [5, 5.41) is 0.503. The van der Waals surface area contributed by atoms with Crippen LogP contribution >= 0.6 is 39.7 Å². The molecule has 0 aliphatic rings. The number of nitrogens with zero attached hydrogens (tertiary/aromatic N) is 3. The highest BCUT2D eigenvalue weighted by atomic mass is 79.9. The molecule has 0 fully saturated rings. The minimum Gasteiger partial charge on any atom is -0.308 e. The minimum atomic E-state index is -3.72. The number of anilines is 1. The summed E-state index contributed by atoms with van der Waals surface area (Å²) in [4.78, 5) is 21.1. The number of carbonyl (C=O) groups excluding carboxylic acids is 1. The van der Waals surface area contributed by atoms with Crippen molar-refractivity contribution in [1.82, 2.24) is 9.88 Å². The first-order valence-corrected chi connectivity index (χ1v) is 11.8. The van der Waals surface area contributed by atoms with Gasteiger partial charge in [0.25, 0.3) is 0 Å². The van der Waals surface area contributed by atoms with Crippen LogP contribution in [0.1, 0.15) is 0 Å². The number of carbonyl (C=O) groups is 1. The predicted octanol–water partition coefficient (Wildman–Crippen LogP) is 3.85. The Morgan fingerprint density at radius 3 is 2.45 bits per heavy atom. The van der Waals surface area contributed by atoms with E-state index in [9.17, 15) is 13.2 Å². The number of hydrogen-bond acceptors (Lipinski definition) is 6. The van der Waals surface area contributed by atoms with Gasteiger partial charge in [-0.25, -0.2) is 13.4 Å². The third-order valence-corrected chi connectivity index (χ3v) is 7.21. The Balaban J connectivity index is 0.00000300. The van der Waals surface area contributed by atoms with Crippen LogP contribution in [0.4, 0.5) is 5.13 Å². The number of sulfone groups is 1. The highest BCUT2D eigenvalue weighted by molar-refractivity contribution is 9.10. The third kappa shape index (κ3) is 5.99. The van der Waals surface area contributed by atoms with E-state index in [-0.39, 0.29) is 17.3 Å². The fourth-order valence-electron chi connectivity index (χ4n) is 2.58. The van der Waals surface area contributed by atoms with E-state index in [1.54, 1.807) is 18.2 Å². The van der Waals surface area contributed by atoms with Crippen molar-refractivity contribution in [1.29, 1.82) is 0 Å². The molecule has 1 amide bonds. The van der Waals surface area contributed by atoms with Gasteiger partial charge in [0.05, 0.1) is 15.1 Å². The SMILES string of the molecule is CN(C)CCN(C(=O)CS(=O)(=O)c1ccccc1)c1nc2ccc(Br)cc2s1.Cl. The van der Waals surface area contributed by atoms with Gasteiger partial charge in [-0.05, 0) is 44.4 Å². The molecule has 3 rings (SSSR count). The molecule has 0 unspecified atom stereocenters. The summed E-state index contributed by atoms with van der Waals surface area (Å²) in [7, 11) is 0.0799. The van der Waals surface area contributed by atoms with Crippen LogP contribution in [0.15, 0.2) is 57.9 Å².